The molecule has 0 aliphatic heterocycles. The van der Waals surface area contributed by atoms with Crippen LogP contribution in [0.2, 0.25) is 0 Å². The molecule has 90 valence electrons. The normalized spacial score (nSPS) is 10.8. The molecule has 2 N–H and O–H groups in total. The summed E-state index contributed by atoms with van der Waals surface area (Å²) in [7, 11) is 0. The third-order valence-corrected chi connectivity index (χ3v) is 2.79. The van der Waals surface area contributed by atoms with Crippen molar-refractivity contribution in [2.24, 2.45) is 11.7 Å². The van der Waals surface area contributed by atoms with Crippen LogP contribution in [0.1, 0.15) is 13.8 Å². The molecule has 0 aliphatic carbocycles. The summed E-state index contributed by atoms with van der Waals surface area (Å²) in [5.74, 6) is 1.57. The molecule has 0 aromatic carbocycles. The Morgan fingerprint density at radius 1 is 1.44 bits per heavy atom. The Bertz CT molecular complexity index is 317. The summed E-state index contributed by atoms with van der Waals surface area (Å²) in [4.78, 5) is 10.7. The molecule has 0 amide bonds. The van der Waals surface area contributed by atoms with Gasteiger partial charge in [0.05, 0.1) is 0 Å². The van der Waals surface area contributed by atoms with Gasteiger partial charge in [-0.3, -0.25) is 0 Å². The number of aromatic nitrogens is 2. The third kappa shape index (κ3) is 3.98. The molecule has 0 bridgehead atoms. The van der Waals surface area contributed by atoms with Gasteiger partial charge in [-0.2, -0.15) is 0 Å². The van der Waals surface area contributed by atoms with Gasteiger partial charge in [-0.15, -0.1) is 11.8 Å². The molecule has 0 radical (unpaired) electrons. The molecule has 1 heterocycles. The minimum absolute atomic E-state index is 0.597. The number of rotatable bonds is 6. The van der Waals surface area contributed by atoms with E-state index in [1.807, 2.05) is 12.3 Å². The van der Waals surface area contributed by atoms with Crippen LogP contribution in [-0.2, 0) is 0 Å². The average molecular weight is 240 g/mol. The first-order valence-electron chi connectivity index (χ1n) is 5.48. The van der Waals surface area contributed by atoms with Crippen LogP contribution in [0.15, 0.2) is 17.4 Å². The lowest BCUT2D eigenvalue weighted by Crippen LogP contribution is -2.33. The maximum absolute atomic E-state index is 5.62. The van der Waals surface area contributed by atoms with E-state index in [1.165, 1.54) is 0 Å². The smallest absolute Gasteiger partial charge is 0.133 e. The van der Waals surface area contributed by atoms with E-state index in [2.05, 4.69) is 28.7 Å². The summed E-state index contributed by atoms with van der Waals surface area (Å²) in [6.45, 7) is 6.84. The van der Waals surface area contributed by atoms with Gasteiger partial charge < -0.3 is 10.6 Å². The highest BCUT2D eigenvalue weighted by molar-refractivity contribution is 7.98. The Labute approximate surface area is 102 Å². The number of hydrogen-bond acceptors (Lipinski definition) is 5. The van der Waals surface area contributed by atoms with Gasteiger partial charge in [-0.05, 0) is 12.2 Å². The highest BCUT2D eigenvalue weighted by atomic mass is 32.2. The first-order chi connectivity index (χ1) is 7.67. The molecule has 4 nitrogen and oxygen atoms in total. The van der Waals surface area contributed by atoms with E-state index >= 15 is 0 Å². The largest absolute Gasteiger partial charge is 0.355 e. The lowest BCUT2D eigenvalue weighted by Gasteiger charge is -2.25. The van der Waals surface area contributed by atoms with Crippen molar-refractivity contribution in [2.45, 2.75) is 18.9 Å². The van der Waals surface area contributed by atoms with Crippen molar-refractivity contribution < 1.29 is 0 Å². The summed E-state index contributed by atoms with van der Waals surface area (Å²) in [6, 6.07) is 2.02. The Hall–Kier alpha value is -0.810. The van der Waals surface area contributed by atoms with Crippen LogP contribution < -0.4 is 10.6 Å². The van der Waals surface area contributed by atoms with Gasteiger partial charge in [0.1, 0.15) is 17.2 Å². The molecule has 5 heteroatoms. The van der Waals surface area contributed by atoms with E-state index in [0.29, 0.717) is 12.5 Å². The summed E-state index contributed by atoms with van der Waals surface area (Å²) in [5.41, 5.74) is 5.62. The fraction of sp³-hybridized carbons (Fsp3) is 0.636. The van der Waals surface area contributed by atoms with Gasteiger partial charge in [0.15, 0.2) is 0 Å². The zero-order chi connectivity index (χ0) is 12.0. The van der Waals surface area contributed by atoms with E-state index < -0.39 is 0 Å². The van der Waals surface area contributed by atoms with Gasteiger partial charge in [-0.25, -0.2) is 9.97 Å². The van der Waals surface area contributed by atoms with Gasteiger partial charge in [-0.1, -0.05) is 13.8 Å². The number of thioether (sulfide) groups is 1. The molecular weight excluding hydrogens is 220 g/mol. The second kappa shape index (κ2) is 6.70. The maximum atomic E-state index is 5.62. The molecule has 16 heavy (non-hydrogen) atoms. The molecule has 1 aromatic rings. The Kier molecular flexibility index (Phi) is 5.55. The van der Waals surface area contributed by atoms with Crippen molar-refractivity contribution in [3.63, 3.8) is 0 Å². The van der Waals surface area contributed by atoms with Crippen LogP contribution in [0.3, 0.4) is 0 Å². The van der Waals surface area contributed by atoms with Crippen molar-refractivity contribution in [3.8, 4) is 0 Å². The molecule has 0 aliphatic rings. The number of hydrogen-bond donors (Lipinski definition) is 1. The van der Waals surface area contributed by atoms with Crippen molar-refractivity contribution in [1.29, 1.82) is 0 Å². The summed E-state index contributed by atoms with van der Waals surface area (Å²) < 4.78 is 0. The van der Waals surface area contributed by atoms with E-state index in [1.54, 1.807) is 18.1 Å². The zero-order valence-corrected chi connectivity index (χ0v) is 11.0. The quantitative estimate of drug-likeness (QED) is 0.605. The highest BCUT2D eigenvalue weighted by Crippen LogP contribution is 2.17. The second-order valence-corrected chi connectivity index (χ2v) is 4.87. The van der Waals surface area contributed by atoms with Crippen LogP contribution >= 0.6 is 11.8 Å². The molecule has 0 atom stereocenters. The predicted molar refractivity (Wildman–Crippen MR) is 69.9 cm³/mol. The molecule has 0 unspecified atom stereocenters. The van der Waals surface area contributed by atoms with Crippen LogP contribution in [0, 0.1) is 5.92 Å². The fourth-order valence-corrected chi connectivity index (χ4v) is 1.89. The molecule has 0 fully saturated rings. The standard InChI is InChI=1S/C11H20N4S/c1-9(2)7-15(5-4-12)10-6-11(16-3)14-8-13-10/h6,8-9H,4-5,7,12H2,1-3H3. The predicted octanol–water partition coefficient (Wildman–Crippen LogP) is 1.62. The van der Waals surface area contributed by atoms with E-state index in [0.717, 1.165) is 23.9 Å². The topological polar surface area (TPSA) is 55.0 Å². The first kappa shape index (κ1) is 13.3. The van der Waals surface area contributed by atoms with Crippen LogP contribution in [0.4, 0.5) is 5.82 Å². The zero-order valence-electron chi connectivity index (χ0n) is 10.2. The Morgan fingerprint density at radius 3 is 2.75 bits per heavy atom. The van der Waals surface area contributed by atoms with Crippen molar-refractivity contribution in [3.05, 3.63) is 12.4 Å². The van der Waals surface area contributed by atoms with E-state index in [4.69, 9.17) is 5.73 Å². The number of nitrogens with zero attached hydrogens (tertiary/aromatic N) is 3. The molecule has 1 rings (SSSR count). The third-order valence-electron chi connectivity index (χ3n) is 2.15. The highest BCUT2D eigenvalue weighted by Gasteiger charge is 2.09. The molecule has 0 spiro atoms. The van der Waals surface area contributed by atoms with Crippen molar-refractivity contribution >= 4 is 17.6 Å². The summed E-state index contributed by atoms with van der Waals surface area (Å²) in [5, 5.41) is 0.996. The van der Waals surface area contributed by atoms with Crippen LogP contribution in [0.5, 0.6) is 0 Å². The van der Waals surface area contributed by atoms with Crippen LogP contribution in [-0.4, -0.2) is 35.9 Å². The van der Waals surface area contributed by atoms with Gasteiger partial charge >= 0.3 is 0 Å². The lowest BCUT2D eigenvalue weighted by molar-refractivity contribution is 0.606. The summed E-state index contributed by atoms with van der Waals surface area (Å²) in [6.07, 6.45) is 3.63. The molecular formula is C11H20N4S. The van der Waals surface area contributed by atoms with Gasteiger partial charge in [0.2, 0.25) is 0 Å². The first-order valence-corrected chi connectivity index (χ1v) is 6.71. The maximum Gasteiger partial charge on any atom is 0.133 e. The van der Waals surface area contributed by atoms with Crippen LogP contribution in [0.25, 0.3) is 0 Å². The summed E-state index contributed by atoms with van der Waals surface area (Å²) >= 11 is 1.63. The Balaban J connectivity index is 2.82. The number of anilines is 1. The Morgan fingerprint density at radius 2 is 2.19 bits per heavy atom. The molecule has 0 saturated heterocycles. The van der Waals surface area contributed by atoms with E-state index in [-0.39, 0.29) is 0 Å². The van der Waals surface area contributed by atoms with Gasteiger partial charge in [0.25, 0.3) is 0 Å². The van der Waals surface area contributed by atoms with Gasteiger partial charge in [0, 0.05) is 25.7 Å². The van der Waals surface area contributed by atoms with E-state index in [9.17, 15) is 0 Å². The number of nitrogens with two attached hydrogens (primary N) is 1. The van der Waals surface area contributed by atoms with Crippen molar-refractivity contribution in [2.75, 3.05) is 30.8 Å². The molecule has 1 aromatic heterocycles. The van der Waals surface area contributed by atoms with Crippen molar-refractivity contribution in [1.82, 2.24) is 9.97 Å². The minimum Gasteiger partial charge on any atom is -0.355 e. The fourth-order valence-electron chi connectivity index (χ4n) is 1.51. The monoisotopic (exact) mass is 240 g/mol. The molecule has 0 saturated carbocycles. The second-order valence-electron chi connectivity index (χ2n) is 4.05. The lowest BCUT2D eigenvalue weighted by atomic mass is 10.2. The minimum atomic E-state index is 0.597. The SMILES string of the molecule is CSc1cc(N(CCN)CC(C)C)ncn1. The average Bonchev–Trinajstić information content (AvgIpc) is 2.28.